The number of aryl methyl sites for hydroxylation is 1. The lowest BCUT2D eigenvalue weighted by Gasteiger charge is -2.10. The second-order valence-corrected chi connectivity index (χ2v) is 6.12. The van der Waals surface area contributed by atoms with Crippen LogP contribution in [-0.4, -0.2) is 19.5 Å². The number of fused-ring (bicyclic) bond motifs is 1. The van der Waals surface area contributed by atoms with E-state index in [4.69, 9.17) is 11.6 Å². The minimum absolute atomic E-state index is 0.173. The largest absolute Gasteiger partial charge is 0.309 e. The lowest BCUT2D eigenvalue weighted by Crippen LogP contribution is -2.20. The maximum atomic E-state index is 12.8. The summed E-state index contributed by atoms with van der Waals surface area (Å²) in [7, 11) is 1.68. The predicted octanol–water partition coefficient (Wildman–Crippen LogP) is 3.79. The Morgan fingerprint density at radius 3 is 2.62 bits per heavy atom. The van der Waals surface area contributed by atoms with Crippen LogP contribution in [0.5, 0.6) is 0 Å². The molecule has 0 aliphatic heterocycles. The summed E-state index contributed by atoms with van der Waals surface area (Å²) in [4.78, 5) is 25.8. The van der Waals surface area contributed by atoms with Gasteiger partial charge < -0.3 is 5.32 Å². The van der Waals surface area contributed by atoms with Gasteiger partial charge in [0.1, 0.15) is 11.5 Å². The molecule has 3 heterocycles. The SMILES string of the molecule is Cn1c(=O)c(-c2ccccc2Cl)cc2cnc(Nc3ccccn3)nc21. The molecule has 1 N–H and O–H groups in total. The molecule has 0 unspecified atom stereocenters. The summed E-state index contributed by atoms with van der Waals surface area (Å²) < 4.78 is 1.50. The quantitative estimate of drug-likeness (QED) is 0.599. The molecule has 0 amide bonds. The number of halogens is 1. The zero-order valence-corrected chi connectivity index (χ0v) is 14.6. The van der Waals surface area contributed by atoms with Gasteiger partial charge in [0.05, 0.1) is 0 Å². The number of anilines is 2. The molecule has 128 valence electrons. The van der Waals surface area contributed by atoms with Gasteiger partial charge in [0.15, 0.2) is 0 Å². The average Bonchev–Trinajstić information content (AvgIpc) is 2.66. The lowest BCUT2D eigenvalue weighted by molar-refractivity contribution is 0.887. The number of hydrogen-bond acceptors (Lipinski definition) is 5. The normalized spacial score (nSPS) is 10.8. The molecule has 1 aromatic carbocycles. The van der Waals surface area contributed by atoms with Gasteiger partial charge in [-0.3, -0.25) is 9.36 Å². The maximum Gasteiger partial charge on any atom is 0.259 e. The molecule has 6 nitrogen and oxygen atoms in total. The van der Waals surface area contributed by atoms with E-state index in [0.29, 0.717) is 33.6 Å². The minimum Gasteiger partial charge on any atom is -0.309 e. The zero-order chi connectivity index (χ0) is 18.1. The highest BCUT2D eigenvalue weighted by molar-refractivity contribution is 6.33. The van der Waals surface area contributed by atoms with Gasteiger partial charge in [-0.2, -0.15) is 4.98 Å². The zero-order valence-electron chi connectivity index (χ0n) is 13.8. The summed E-state index contributed by atoms with van der Waals surface area (Å²) in [5.74, 6) is 1.00. The van der Waals surface area contributed by atoms with E-state index in [-0.39, 0.29) is 5.56 Å². The van der Waals surface area contributed by atoms with E-state index in [1.807, 2.05) is 36.4 Å². The van der Waals surface area contributed by atoms with Crippen molar-refractivity contribution in [2.75, 3.05) is 5.32 Å². The van der Waals surface area contributed by atoms with Crippen LogP contribution in [0, 0.1) is 0 Å². The molecule has 0 saturated carbocycles. The summed E-state index contributed by atoms with van der Waals surface area (Å²) in [5, 5.41) is 4.30. The molecule has 0 saturated heterocycles. The summed E-state index contributed by atoms with van der Waals surface area (Å²) in [6.45, 7) is 0. The van der Waals surface area contributed by atoms with E-state index >= 15 is 0 Å². The van der Waals surface area contributed by atoms with Crippen molar-refractivity contribution in [3.8, 4) is 11.1 Å². The summed E-state index contributed by atoms with van der Waals surface area (Å²) in [5.41, 5.74) is 1.55. The Kier molecular flexibility index (Phi) is 4.10. The number of aromatic nitrogens is 4. The monoisotopic (exact) mass is 363 g/mol. The van der Waals surface area contributed by atoms with Crippen molar-refractivity contribution in [3.63, 3.8) is 0 Å². The van der Waals surface area contributed by atoms with E-state index in [2.05, 4.69) is 20.3 Å². The predicted molar refractivity (Wildman–Crippen MR) is 103 cm³/mol. The highest BCUT2D eigenvalue weighted by Gasteiger charge is 2.13. The van der Waals surface area contributed by atoms with E-state index in [0.717, 1.165) is 5.39 Å². The third-order valence-electron chi connectivity index (χ3n) is 4.02. The molecule has 7 heteroatoms. The van der Waals surface area contributed by atoms with Crippen LogP contribution in [-0.2, 0) is 7.05 Å². The van der Waals surface area contributed by atoms with Crippen molar-refractivity contribution in [1.82, 2.24) is 19.5 Å². The fraction of sp³-hybridized carbons (Fsp3) is 0.0526. The smallest absolute Gasteiger partial charge is 0.259 e. The summed E-state index contributed by atoms with van der Waals surface area (Å²) in [6.07, 6.45) is 3.35. The summed E-state index contributed by atoms with van der Waals surface area (Å²) >= 11 is 6.25. The van der Waals surface area contributed by atoms with Crippen LogP contribution in [0.3, 0.4) is 0 Å². The minimum atomic E-state index is -0.173. The first-order valence-corrected chi connectivity index (χ1v) is 8.31. The van der Waals surface area contributed by atoms with E-state index < -0.39 is 0 Å². The molecule has 0 aliphatic rings. The Balaban J connectivity index is 1.83. The number of pyridine rings is 2. The Hall–Kier alpha value is -3.25. The highest BCUT2D eigenvalue weighted by atomic mass is 35.5. The topological polar surface area (TPSA) is 72.7 Å². The number of hydrogen-bond donors (Lipinski definition) is 1. The molecule has 0 spiro atoms. The standard InChI is InChI=1S/C19H14ClN5O/c1-25-17-12(10-14(18(25)26)13-6-2-3-7-15(13)20)11-22-19(24-17)23-16-8-4-5-9-21-16/h2-11H,1H3,(H,21,22,23,24). The van der Waals surface area contributed by atoms with Gasteiger partial charge in [0.2, 0.25) is 5.95 Å². The fourth-order valence-electron chi connectivity index (χ4n) is 2.73. The molecular formula is C19H14ClN5O. The molecule has 0 fully saturated rings. The molecular weight excluding hydrogens is 350 g/mol. The van der Waals surface area contributed by atoms with Gasteiger partial charge in [0.25, 0.3) is 5.56 Å². The molecule has 4 aromatic rings. The number of nitrogens with one attached hydrogen (secondary N) is 1. The van der Waals surface area contributed by atoms with Crippen LogP contribution in [0.4, 0.5) is 11.8 Å². The summed E-state index contributed by atoms with van der Waals surface area (Å²) in [6, 6.07) is 14.5. The second-order valence-electron chi connectivity index (χ2n) is 5.71. The van der Waals surface area contributed by atoms with Gasteiger partial charge in [-0.05, 0) is 24.3 Å². The van der Waals surface area contributed by atoms with Crippen molar-refractivity contribution in [1.29, 1.82) is 0 Å². The molecule has 4 rings (SSSR count). The Labute approximate surface area is 154 Å². The van der Waals surface area contributed by atoms with Gasteiger partial charge in [-0.15, -0.1) is 0 Å². The van der Waals surface area contributed by atoms with E-state index in [9.17, 15) is 4.79 Å². The van der Waals surface area contributed by atoms with Gasteiger partial charge in [-0.1, -0.05) is 35.9 Å². The number of rotatable bonds is 3. The van der Waals surface area contributed by atoms with Crippen LogP contribution in [0.25, 0.3) is 22.2 Å². The van der Waals surface area contributed by atoms with Crippen molar-refractivity contribution in [2.45, 2.75) is 0 Å². The van der Waals surface area contributed by atoms with E-state index in [1.54, 1.807) is 31.6 Å². The molecule has 0 atom stereocenters. The maximum absolute atomic E-state index is 12.8. The first-order valence-electron chi connectivity index (χ1n) is 7.93. The molecule has 0 radical (unpaired) electrons. The van der Waals surface area contributed by atoms with E-state index in [1.165, 1.54) is 4.57 Å². The highest BCUT2D eigenvalue weighted by Crippen LogP contribution is 2.27. The Morgan fingerprint density at radius 1 is 1.04 bits per heavy atom. The van der Waals surface area contributed by atoms with Gasteiger partial charge in [-0.25, -0.2) is 9.97 Å². The van der Waals surface area contributed by atoms with Crippen LogP contribution in [0.2, 0.25) is 5.02 Å². The fourth-order valence-corrected chi connectivity index (χ4v) is 2.97. The number of nitrogens with zero attached hydrogens (tertiary/aromatic N) is 4. The first kappa shape index (κ1) is 16.2. The van der Waals surface area contributed by atoms with Crippen molar-refractivity contribution in [3.05, 3.63) is 76.3 Å². The Morgan fingerprint density at radius 2 is 1.85 bits per heavy atom. The van der Waals surface area contributed by atoms with Crippen LogP contribution in [0.15, 0.2) is 65.7 Å². The third kappa shape index (κ3) is 2.91. The van der Waals surface area contributed by atoms with Crippen LogP contribution in [0.1, 0.15) is 0 Å². The van der Waals surface area contributed by atoms with Crippen molar-refractivity contribution < 1.29 is 0 Å². The van der Waals surface area contributed by atoms with Crippen LogP contribution >= 0.6 is 11.6 Å². The first-order chi connectivity index (χ1) is 12.6. The van der Waals surface area contributed by atoms with Crippen molar-refractivity contribution in [2.24, 2.45) is 7.05 Å². The second kappa shape index (κ2) is 6.57. The van der Waals surface area contributed by atoms with Crippen molar-refractivity contribution >= 4 is 34.4 Å². The molecule has 0 bridgehead atoms. The molecule has 26 heavy (non-hydrogen) atoms. The van der Waals surface area contributed by atoms with Gasteiger partial charge >= 0.3 is 0 Å². The molecule has 3 aromatic heterocycles. The Bertz CT molecular complexity index is 1160. The third-order valence-corrected chi connectivity index (χ3v) is 4.35. The lowest BCUT2D eigenvalue weighted by atomic mass is 10.1. The van der Waals surface area contributed by atoms with Crippen LogP contribution < -0.4 is 10.9 Å². The molecule has 0 aliphatic carbocycles. The number of benzene rings is 1. The average molecular weight is 364 g/mol. The van der Waals surface area contributed by atoms with Gasteiger partial charge in [0, 0.05) is 41.0 Å².